The third-order valence-electron chi connectivity index (χ3n) is 11.1. The molecule has 2 aliphatic heterocycles. The highest BCUT2D eigenvalue weighted by atomic mass is 19.1. The summed E-state index contributed by atoms with van der Waals surface area (Å²) in [5.41, 5.74) is 1.46. The number of fused-ring (bicyclic) bond motifs is 5. The molecule has 3 atom stereocenters. The Morgan fingerprint density at radius 1 is 0.983 bits per heavy atom. The number of aryl methyl sites for hydroxylation is 1. The van der Waals surface area contributed by atoms with Crippen molar-refractivity contribution in [2.24, 2.45) is 5.92 Å². The Morgan fingerprint density at radius 3 is 2.42 bits per heavy atom. The molecule has 0 saturated carbocycles. The number of benzene rings is 1. The maximum absolute atomic E-state index is 15.3. The summed E-state index contributed by atoms with van der Waals surface area (Å²) in [5.74, 6) is -3.45. The molecular weight excluding hydrogens is 780 g/mol. The molecule has 60 heavy (non-hydrogen) atoms. The highest BCUT2D eigenvalue weighted by molar-refractivity contribution is 5.93. The van der Waals surface area contributed by atoms with E-state index in [9.17, 15) is 38.7 Å². The monoisotopic (exact) mass is 834 g/mol. The summed E-state index contributed by atoms with van der Waals surface area (Å²) in [4.78, 5) is 92.1. The van der Waals surface area contributed by atoms with Crippen LogP contribution in [0.25, 0.3) is 22.3 Å². The van der Waals surface area contributed by atoms with Crippen molar-refractivity contribution in [3.63, 3.8) is 0 Å². The largest absolute Gasteiger partial charge is 0.458 e. The number of hydrogen-bond donors (Lipinski definition) is 5. The smallest absolute Gasteiger partial charge is 0.343 e. The van der Waals surface area contributed by atoms with Crippen LogP contribution in [-0.4, -0.2) is 82.0 Å². The van der Waals surface area contributed by atoms with Crippen molar-refractivity contribution < 1.29 is 47.7 Å². The van der Waals surface area contributed by atoms with E-state index in [0.717, 1.165) is 16.5 Å². The topological polar surface area (TPSA) is 224 Å². The number of cyclic esters (lactones) is 1. The van der Waals surface area contributed by atoms with Crippen LogP contribution in [0.15, 0.2) is 23.0 Å². The Morgan fingerprint density at radius 2 is 1.72 bits per heavy atom. The Labute approximate surface area is 347 Å². The highest BCUT2D eigenvalue weighted by Gasteiger charge is 2.45. The third kappa shape index (κ3) is 10.2. The SMILES string of the molecule is CC[C@@]1(O)C(=O)OCc2c1cc1n(c2=O)Cc2cc3c(CCCCOCNC(=O)[C@H](C)NC(=O)[C@@H](NC(=O)CNC(=O)CCCCC(C)=O)C(C)C)c(C)c(F)cc3nc2-1. The van der Waals surface area contributed by atoms with Crippen molar-refractivity contribution in [2.45, 2.75) is 124 Å². The number of nitrogens with one attached hydrogen (secondary N) is 4. The van der Waals surface area contributed by atoms with Gasteiger partial charge in [-0.05, 0) is 88.5 Å². The number of carbonyl (C=O) groups is 6. The van der Waals surface area contributed by atoms with Crippen LogP contribution in [0.2, 0.25) is 0 Å². The summed E-state index contributed by atoms with van der Waals surface area (Å²) < 4.78 is 27.6. The van der Waals surface area contributed by atoms with Crippen molar-refractivity contribution in [3.05, 3.63) is 62.2 Å². The maximum Gasteiger partial charge on any atom is 0.343 e. The Hall–Kier alpha value is -5.55. The van der Waals surface area contributed by atoms with Crippen molar-refractivity contribution in [3.8, 4) is 11.4 Å². The summed E-state index contributed by atoms with van der Waals surface area (Å²) in [7, 11) is 0. The van der Waals surface area contributed by atoms with Gasteiger partial charge in [0.1, 0.15) is 37.0 Å². The first-order valence-electron chi connectivity index (χ1n) is 20.5. The molecule has 0 unspecified atom stereocenters. The predicted molar refractivity (Wildman–Crippen MR) is 218 cm³/mol. The Bertz CT molecular complexity index is 2240. The first-order chi connectivity index (χ1) is 28.5. The molecule has 0 bridgehead atoms. The molecule has 17 heteroatoms. The number of rotatable bonds is 20. The number of unbranched alkanes of at least 4 members (excludes halogenated alkanes) is 2. The fraction of sp³-hybridized carbons (Fsp3) is 0.535. The molecule has 0 saturated heterocycles. The van der Waals surface area contributed by atoms with Gasteiger partial charge in [0.15, 0.2) is 5.60 Å². The van der Waals surface area contributed by atoms with E-state index in [4.69, 9.17) is 14.5 Å². The number of halogens is 1. The number of esters is 1. The Kier molecular flexibility index (Phi) is 14.9. The van der Waals surface area contributed by atoms with Crippen molar-refractivity contribution >= 4 is 46.3 Å². The summed E-state index contributed by atoms with van der Waals surface area (Å²) in [6.45, 7) is 9.65. The second-order valence-corrected chi connectivity index (χ2v) is 15.9. The zero-order valence-electron chi connectivity index (χ0n) is 35.1. The lowest BCUT2D eigenvalue weighted by Crippen LogP contribution is -2.55. The van der Waals surface area contributed by atoms with E-state index in [-0.39, 0.29) is 80.2 Å². The number of hydrogen-bond acceptors (Lipinski definition) is 11. The van der Waals surface area contributed by atoms with Gasteiger partial charge in [0, 0.05) is 42.0 Å². The fourth-order valence-corrected chi connectivity index (χ4v) is 7.49. The van der Waals surface area contributed by atoms with Gasteiger partial charge >= 0.3 is 5.97 Å². The number of aliphatic hydroxyl groups is 1. The van der Waals surface area contributed by atoms with E-state index < -0.39 is 47.2 Å². The molecule has 5 rings (SSSR count). The van der Waals surface area contributed by atoms with Crippen LogP contribution in [0.4, 0.5) is 4.39 Å². The first kappa shape index (κ1) is 45.5. The lowest BCUT2D eigenvalue weighted by molar-refractivity contribution is -0.172. The number of carbonyl (C=O) groups excluding carboxylic acids is 6. The van der Waals surface area contributed by atoms with Crippen LogP contribution in [0.3, 0.4) is 0 Å². The summed E-state index contributed by atoms with van der Waals surface area (Å²) in [5, 5.41) is 22.2. The van der Waals surface area contributed by atoms with E-state index in [1.54, 1.807) is 33.8 Å². The number of ketones is 1. The molecule has 3 aromatic rings. The van der Waals surface area contributed by atoms with Gasteiger partial charge in [0.2, 0.25) is 23.6 Å². The van der Waals surface area contributed by atoms with E-state index in [0.29, 0.717) is 61.0 Å². The fourth-order valence-electron chi connectivity index (χ4n) is 7.49. The van der Waals surface area contributed by atoms with E-state index in [1.165, 1.54) is 24.5 Å². The normalized spacial score (nSPS) is 16.3. The number of pyridine rings is 2. The minimum absolute atomic E-state index is 0.0213. The molecule has 324 valence electrons. The van der Waals surface area contributed by atoms with Crippen LogP contribution in [0.5, 0.6) is 0 Å². The quantitative estimate of drug-likeness (QED) is 0.0495. The third-order valence-corrected chi connectivity index (χ3v) is 11.1. The molecule has 0 fully saturated rings. The van der Waals surface area contributed by atoms with Gasteiger partial charge in [-0.15, -0.1) is 0 Å². The average molecular weight is 835 g/mol. The van der Waals surface area contributed by atoms with Crippen LogP contribution in [0, 0.1) is 18.7 Å². The highest BCUT2D eigenvalue weighted by Crippen LogP contribution is 2.39. The van der Waals surface area contributed by atoms with Crippen LogP contribution < -0.4 is 26.8 Å². The standard InChI is InChI=1S/C43H55FN6O10/c1-7-43(58)31-17-34-38-27(20-50(34)41(56)30(31)21-60-42(43)57)16-29-28(25(5)32(44)18-33(29)48-38)13-10-11-15-59-22-46-39(54)26(6)47-40(55)37(23(2)3)49-36(53)19-45-35(52)14-9-8-12-24(4)51/h16-18,23,26,37,58H,7-15,19-22H2,1-6H3,(H,45,52)(H,46,54)(H,47,55)(H,49,53)/t26-,37-,43-/m0/s1. The van der Waals surface area contributed by atoms with E-state index in [2.05, 4.69) is 21.3 Å². The molecule has 0 radical (unpaired) electrons. The molecular formula is C43H55FN6O10. The van der Waals surface area contributed by atoms with Gasteiger partial charge in [0.25, 0.3) is 5.56 Å². The molecule has 5 N–H and O–H groups in total. The molecule has 4 heterocycles. The Balaban J connectivity index is 1.09. The van der Waals surface area contributed by atoms with Crippen LogP contribution in [0.1, 0.15) is 107 Å². The van der Waals surface area contributed by atoms with Gasteiger partial charge < -0.3 is 45.2 Å². The maximum atomic E-state index is 15.3. The average Bonchev–Trinajstić information content (AvgIpc) is 3.56. The second-order valence-electron chi connectivity index (χ2n) is 15.9. The number of Topliss-reactive ketones (excluding diaryl/α,β-unsaturated/α-hetero) is 1. The predicted octanol–water partition coefficient (Wildman–Crippen LogP) is 2.85. The molecule has 2 aromatic heterocycles. The van der Waals surface area contributed by atoms with E-state index in [1.807, 2.05) is 6.07 Å². The minimum atomic E-state index is -1.95. The van der Waals surface area contributed by atoms with Gasteiger partial charge in [0.05, 0.1) is 35.6 Å². The number of amides is 4. The molecule has 16 nitrogen and oxygen atoms in total. The van der Waals surface area contributed by atoms with Gasteiger partial charge in [-0.3, -0.25) is 24.0 Å². The molecule has 0 aliphatic carbocycles. The van der Waals surface area contributed by atoms with Crippen molar-refractivity contribution in [2.75, 3.05) is 19.9 Å². The van der Waals surface area contributed by atoms with E-state index >= 15 is 4.39 Å². The zero-order valence-corrected chi connectivity index (χ0v) is 35.1. The summed E-state index contributed by atoms with van der Waals surface area (Å²) in [6.07, 6.45) is 3.42. The minimum Gasteiger partial charge on any atom is -0.458 e. The number of nitrogens with zero attached hydrogens (tertiary/aromatic N) is 2. The number of aromatic nitrogens is 2. The van der Waals surface area contributed by atoms with Gasteiger partial charge in [-0.2, -0.15) is 0 Å². The molecule has 2 aliphatic rings. The molecule has 0 spiro atoms. The lowest BCUT2D eigenvalue weighted by atomic mass is 9.86. The summed E-state index contributed by atoms with van der Waals surface area (Å²) >= 11 is 0. The van der Waals surface area contributed by atoms with Gasteiger partial charge in [-0.1, -0.05) is 20.8 Å². The second kappa shape index (κ2) is 19.7. The first-order valence-corrected chi connectivity index (χ1v) is 20.5. The zero-order chi connectivity index (χ0) is 43.9. The summed E-state index contributed by atoms with van der Waals surface area (Å²) in [6, 6.07) is 3.02. The van der Waals surface area contributed by atoms with Crippen LogP contribution in [-0.2, 0) is 63.4 Å². The van der Waals surface area contributed by atoms with Gasteiger partial charge in [-0.25, -0.2) is 14.2 Å². The molecule has 4 amide bonds. The van der Waals surface area contributed by atoms with Crippen LogP contribution >= 0.6 is 0 Å². The van der Waals surface area contributed by atoms with Crippen molar-refractivity contribution in [1.82, 2.24) is 30.8 Å². The molecule has 1 aromatic carbocycles. The number of ether oxygens (including phenoxy) is 2. The van der Waals surface area contributed by atoms with Crippen molar-refractivity contribution in [1.29, 1.82) is 0 Å². The lowest BCUT2D eigenvalue weighted by Gasteiger charge is -2.31.